The molecule has 1 aromatic carbocycles. The number of carbonyl (C=O) groups excluding carboxylic acids is 1. The van der Waals surface area contributed by atoms with E-state index in [-0.39, 0.29) is 5.91 Å². The van der Waals surface area contributed by atoms with Crippen LogP contribution in [0.25, 0.3) is 11.0 Å². The molecule has 0 radical (unpaired) electrons. The van der Waals surface area contributed by atoms with Crippen LogP contribution in [0.5, 0.6) is 0 Å². The lowest BCUT2D eigenvalue weighted by Gasteiger charge is -2.23. The highest BCUT2D eigenvalue weighted by atomic mass is 79.9. The Hall–Kier alpha value is -1.33. The molecule has 2 aliphatic rings. The molecule has 1 aromatic heterocycles. The highest BCUT2D eigenvalue weighted by molar-refractivity contribution is 9.10. The number of hydrogen-bond donors (Lipinski definition) is 1. The van der Waals surface area contributed by atoms with Crippen molar-refractivity contribution in [1.29, 1.82) is 0 Å². The number of amides is 1. The van der Waals surface area contributed by atoms with Crippen LogP contribution in [0.3, 0.4) is 0 Å². The molecular weight excluding hydrogens is 320 g/mol. The van der Waals surface area contributed by atoms with Gasteiger partial charge in [0.2, 0.25) is 0 Å². The van der Waals surface area contributed by atoms with Crippen LogP contribution < -0.4 is 5.32 Å². The van der Waals surface area contributed by atoms with E-state index in [0.29, 0.717) is 17.5 Å². The molecule has 4 rings (SSSR count). The Balaban J connectivity index is 1.56. The number of furan rings is 1. The summed E-state index contributed by atoms with van der Waals surface area (Å²) in [4.78, 5) is 14.8. The van der Waals surface area contributed by atoms with Crippen molar-refractivity contribution in [2.45, 2.75) is 12.5 Å². The number of benzene rings is 1. The number of nitrogens with zero attached hydrogens (tertiary/aromatic N) is 1. The lowest BCUT2D eigenvalue weighted by molar-refractivity contribution is 0.0924. The summed E-state index contributed by atoms with van der Waals surface area (Å²) in [5.74, 6) is 0.641. The molecule has 3 atom stereocenters. The second kappa shape index (κ2) is 4.60. The minimum atomic E-state index is 0.0127. The van der Waals surface area contributed by atoms with Gasteiger partial charge in [0, 0.05) is 30.1 Å². The SMILES string of the molecule is O=C(NC1CN2CCC1C2)c1ccc2occ(Br)c2c1. The molecule has 2 aromatic rings. The Bertz CT molecular complexity index is 682. The molecule has 0 saturated carbocycles. The van der Waals surface area contributed by atoms with E-state index in [1.54, 1.807) is 6.26 Å². The zero-order valence-electron chi connectivity index (χ0n) is 10.9. The maximum absolute atomic E-state index is 12.4. The molecule has 20 heavy (non-hydrogen) atoms. The largest absolute Gasteiger partial charge is 0.463 e. The molecular formula is C15H15BrN2O2. The van der Waals surface area contributed by atoms with Crippen molar-refractivity contribution in [1.82, 2.24) is 10.2 Å². The fourth-order valence-electron chi connectivity index (χ4n) is 3.34. The molecule has 2 fully saturated rings. The summed E-state index contributed by atoms with van der Waals surface area (Å²) in [5.41, 5.74) is 1.48. The second-order valence-electron chi connectivity index (χ2n) is 5.68. The van der Waals surface area contributed by atoms with Gasteiger partial charge in [0.25, 0.3) is 5.91 Å². The van der Waals surface area contributed by atoms with Crippen LogP contribution in [-0.4, -0.2) is 36.5 Å². The van der Waals surface area contributed by atoms with Crippen LogP contribution in [0.15, 0.2) is 33.4 Å². The summed E-state index contributed by atoms with van der Waals surface area (Å²) in [5, 5.41) is 4.12. The Morgan fingerprint density at radius 3 is 3.05 bits per heavy atom. The number of hydrogen-bond acceptors (Lipinski definition) is 3. The fourth-order valence-corrected chi connectivity index (χ4v) is 3.74. The smallest absolute Gasteiger partial charge is 0.251 e. The molecule has 3 heterocycles. The van der Waals surface area contributed by atoms with E-state index >= 15 is 0 Å². The number of halogens is 1. The van der Waals surface area contributed by atoms with Crippen LogP contribution in [0.4, 0.5) is 0 Å². The van der Waals surface area contributed by atoms with E-state index in [1.807, 2.05) is 18.2 Å². The molecule has 2 aliphatic heterocycles. The number of rotatable bonds is 2. The van der Waals surface area contributed by atoms with Crippen LogP contribution >= 0.6 is 15.9 Å². The first-order chi connectivity index (χ1) is 9.70. The van der Waals surface area contributed by atoms with Crippen LogP contribution in [-0.2, 0) is 0 Å². The Labute approximate surface area is 125 Å². The fraction of sp³-hybridized carbons (Fsp3) is 0.400. The van der Waals surface area contributed by atoms with E-state index < -0.39 is 0 Å². The summed E-state index contributed by atoms with van der Waals surface area (Å²) in [6, 6.07) is 5.85. The van der Waals surface area contributed by atoms with Crippen molar-refractivity contribution in [3.63, 3.8) is 0 Å². The summed E-state index contributed by atoms with van der Waals surface area (Å²) in [6.07, 6.45) is 2.85. The molecule has 104 valence electrons. The number of carbonyl (C=O) groups is 1. The monoisotopic (exact) mass is 334 g/mol. The molecule has 5 heteroatoms. The van der Waals surface area contributed by atoms with Crippen LogP contribution in [0.1, 0.15) is 16.8 Å². The molecule has 4 nitrogen and oxygen atoms in total. The number of piperidine rings is 1. The maximum atomic E-state index is 12.4. The van der Waals surface area contributed by atoms with Crippen LogP contribution in [0.2, 0.25) is 0 Å². The van der Waals surface area contributed by atoms with Crippen molar-refractivity contribution < 1.29 is 9.21 Å². The number of fused-ring (bicyclic) bond motifs is 3. The van der Waals surface area contributed by atoms with Gasteiger partial charge in [0.05, 0.1) is 4.47 Å². The van der Waals surface area contributed by atoms with E-state index in [9.17, 15) is 4.79 Å². The van der Waals surface area contributed by atoms with Crippen LogP contribution in [0, 0.1) is 5.92 Å². The third-order valence-electron chi connectivity index (χ3n) is 4.44. The van der Waals surface area contributed by atoms with E-state index in [1.165, 1.54) is 13.0 Å². The Kier molecular flexibility index (Phi) is 2.86. The van der Waals surface area contributed by atoms with Crippen molar-refractivity contribution in [3.8, 4) is 0 Å². The van der Waals surface area contributed by atoms with Crippen molar-refractivity contribution in [2.24, 2.45) is 5.92 Å². The highest BCUT2D eigenvalue weighted by Gasteiger charge is 2.38. The average Bonchev–Trinajstić information content (AvgIpc) is 3.15. The quantitative estimate of drug-likeness (QED) is 0.918. The van der Waals surface area contributed by atoms with Gasteiger partial charge < -0.3 is 14.6 Å². The molecule has 1 N–H and O–H groups in total. The standard InChI is InChI=1S/C15H15BrN2O2/c16-12-8-20-14-2-1-9(5-11(12)14)15(19)17-13-7-18-4-3-10(13)6-18/h1-2,5,8,10,13H,3-4,6-7H2,(H,17,19). The van der Waals surface area contributed by atoms with Crippen molar-refractivity contribution >= 4 is 32.8 Å². The van der Waals surface area contributed by atoms with Gasteiger partial charge in [-0.25, -0.2) is 0 Å². The van der Waals surface area contributed by atoms with Crippen molar-refractivity contribution in [2.75, 3.05) is 19.6 Å². The van der Waals surface area contributed by atoms with E-state index in [4.69, 9.17) is 4.42 Å². The minimum Gasteiger partial charge on any atom is -0.463 e. The predicted molar refractivity (Wildman–Crippen MR) is 79.7 cm³/mol. The highest BCUT2D eigenvalue weighted by Crippen LogP contribution is 2.29. The molecule has 2 saturated heterocycles. The Morgan fingerprint density at radius 1 is 1.40 bits per heavy atom. The third-order valence-corrected chi connectivity index (χ3v) is 5.05. The number of nitrogens with one attached hydrogen (secondary N) is 1. The molecule has 3 unspecified atom stereocenters. The molecule has 2 bridgehead atoms. The van der Waals surface area contributed by atoms with E-state index in [0.717, 1.165) is 28.5 Å². The van der Waals surface area contributed by atoms with Gasteiger partial charge in [-0.15, -0.1) is 0 Å². The van der Waals surface area contributed by atoms with E-state index in [2.05, 4.69) is 26.1 Å². The lowest BCUT2D eigenvalue weighted by atomic mass is 9.99. The van der Waals surface area contributed by atoms with Gasteiger partial charge in [-0.2, -0.15) is 0 Å². The van der Waals surface area contributed by atoms with Gasteiger partial charge in [0.1, 0.15) is 11.8 Å². The van der Waals surface area contributed by atoms with Crippen molar-refractivity contribution in [3.05, 3.63) is 34.5 Å². The molecule has 0 spiro atoms. The zero-order valence-corrected chi connectivity index (χ0v) is 12.5. The third kappa shape index (κ3) is 1.96. The first-order valence-electron chi connectivity index (χ1n) is 6.91. The van der Waals surface area contributed by atoms with Gasteiger partial charge in [-0.05, 0) is 53.0 Å². The summed E-state index contributed by atoms with van der Waals surface area (Å²) in [6.45, 7) is 3.32. The van der Waals surface area contributed by atoms with Gasteiger partial charge in [0.15, 0.2) is 0 Å². The molecule has 0 aliphatic carbocycles. The predicted octanol–water partition coefficient (Wildman–Crippen LogP) is 2.63. The summed E-state index contributed by atoms with van der Waals surface area (Å²) < 4.78 is 6.25. The Morgan fingerprint density at radius 2 is 2.30 bits per heavy atom. The van der Waals surface area contributed by atoms with Gasteiger partial charge >= 0.3 is 0 Å². The normalized spacial score (nSPS) is 28.1. The first kappa shape index (κ1) is 12.4. The van der Waals surface area contributed by atoms with Gasteiger partial charge in [-0.3, -0.25) is 4.79 Å². The zero-order chi connectivity index (χ0) is 13.7. The second-order valence-corrected chi connectivity index (χ2v) is 6.54. The first-order valence-corrected chi connectivity index (χ1v) is 7.70. The topological polar surface area (TPSA) is 45.5 Å². The average molecular weight is 335 g/mol. The maximum Gasteiger partial charge on any atom is 0.251 e. The lowest BCUT2D eigenvalue weighted by Crippen LogP contribution is -2.43. The summed E-state index contributed by atoms with van der Waals surface area (Å²) >= 11 is 3.43. The summed E-state index contributed by atoms with van der Waals surface area (Å²) in [7, 11) is 0. The van der Waals surface area contributed by atoms with Gasteiger partial charge in [-0.1, -0.05) is 0 Å². The molecule has 1 amide bonds. The minimum absolute atomic E-state index is 0.0127.